The maximum absolute atomic E-state index is 6.58. The standard InChI is InChI=1S/C48H91NO6/c1-5-7-9-11-15-21-29-40-50-44(3)52-42-31-23-17-13-19-25-34-46(54-48-47(55-48)36-33-39-49-37-27-28-38-49)35-26-20-14-18-24-32-43-53-45(4)51-41-30-22-16-12-10-8-6-2/h21-22,29-30,44-48H,5-20,23-28,31-43H2,1-4H3/b29-21-,30-22-. The zero-order valence-electron chi connectivity index (χ0n) is 36.8. The number of hydrogen-bond acceptors (Lipinski definition) is 7. The van der Waals surface area contributed by atoms with Crippen molar-refractivity contribution in [2.24, 2.45) is 0 Å². The van der Waals surface area contributed by atoms with E-state index >= 15 is 0 Å². The number of unbranched alkanes of at least 4 members (excludes halogenated alkanes) is 18. The van der Waals surface area contributed by atoms with E-state index in [0.717, 1.165) is 58.2 Å². The number of ether oxygens (including phenoxy) is 6. The lowest BCUT2D eigenvalue weighted by Crippen LogP contribution is -2.21. The van der Waals surface area contributed by atoms with Crippen molar-refractivity contribution >= 4 is 0 Å². The normalized spacial score (nSPS) is 19.3. The molecule has 7 heteroatoms. The molecule has 2 aliphatic heterocycles. The Kier molecular flexibility index (Phi) is 34.3. The number of epoxide rings is 1. The highest BCUT2D eigenvalue weighted by atomic mass is 16.8. The molecule has 2 heterocycles. The lowest BCUT2D eigenvalue weighted by atomic mass is 10.0. The molecule has 2 rings (SSSR count). The molecular formula is C48H91NO6. The second kappa shape index (κ2) is 37.5. The summed E-state index contributed by atoms with van der Waals surface area (Å²) in [5, 5.41) is 0. The number of likely N-dealkylation sites (tertiary alicyclic amines) is 1. The number of rotatable bonds is 42. The van der Waals surface area contributed by atoms with Crippen LogP contribution in [-0.2, 0) is 28.4 Å². The van der Waals surface area contributed by atoms with Crippen LogP contribution in [0.15, 0.2) is 24.3 Å². The smallest absolute Gasteiger partial charge is 0.184 e. The van der Waals surface area contributed by atoms with Crippen molar-refractivity contribution in [2.45, 2.75) is 239 Å². The van der Waals surface area contributed by atoms with Crippen LogP contribution >= 0.6 is 0 Å². The number of nitrogens with zero attached hydrogens (tertiary/aromatic N) is 1. The van der Waals surface area contributed by atoms with Crippen molar-refractivity contribution in [3.8, 4) is 0 Å². The Morgan fingerprint density at radius 1 is 0.545 bits per heavy atom. The molecule has 2 fully saturated rings. The first-order chi connectivity index (χ1) is 27.1. The summed E-state index contributed by atoms with van der Waals surface area (Å²) in [5.74, 6) is 0. The topological polar surface area (TPSA) is 61.9 Å². The fourth-order valence-electron chi connectivity index (χ4n) is 7.53. The summed E-state index contributed by atoms with van der Waals surface area (Å²) in [4.78, 5) is 2.61. The summed E-state index contributed by atoms with van der Waals surface area (Å²) in [5.41, 5.74) is 0. The second-order valence-electron chi connectivity index (χ2n) is 16.5. The Balaban J connectivity index is 1.49. The van der Waals surface area contributed by atoms with E-state index in [0.29, 0.717) is 25.4 Å². The van der Waals surface area contributed by atoms with Gasteiger partial charge in [-0.2, -0.15) is 0 Å². The summed E-state index contributed by atoms with van der Waals surface area (Å²) in [6.07, 6.45) is 44.4. The third-order valence-electron chi connectivity index (χ3n) is 11.2. The van der Waals surface area contributed by atoms with E-state index in [1.807, 2.05) is 13.8 Å². The van der Waals surface area contributed by atoms with Gasteiger partial charge in [-0.1, -0.05) is 141 Å². The van der Waals surface area contributed by atoms with Gasteiger partial charge in [0, 0.05) is 13.2 Å². The molecule has 4 atom stereocenters. The molecule has 0 saturated carbocycles. The molecule has 0 aliphatic carbocycles. The molecule has 55 heavy (non-hydrogen) atoms. The van der Waals surface area contributed by atoms with Crippen LogP contribution in [0.2, 0.25) is 0 Å². The molecule has 2 aliphatic rings. The zero-order chi connectivity index (χ0) is 39.3. The summed E-state index contributed by atoms with van der Waals surface area (Å²) in [6, 6.07) is 0. The third-order valence-corrected chi connectivity index (χ3v) is 11.2. The van der Waals surface area contributed by atoms with Crippen LogP contribution in [-0.4, -0.2) is 82.0 Å². The molecule has 7 nitrogen and oxygen atoms in total. The predicted molar refractivity (Wildman–Crippen MR) is 232 cm³/mol. The first kappa shape index (κ1) is 50.3. The lowest BCUT2D eigenvalue weighted by Gasteiger charge is -2.17. The van der Waals surface area contributed by atoms with Crippen molar-refractivity contribution in [2.75, 3.05) is 46.1 Å². The fraction of sp³-hybridized carbons (Fsp3) is 0.917. The maximum atomic E-state index is 6.58. The molecule has 0 amide bonds. The van der Waals surface area contributed by atoms with Gasteiger partial charge in [-0.15, -0.1) is 0 Å². The van der Waals surface area contributed by atoms with E-state index in [2.05, 4.69) is 43.1 Å². The van der Waals surface area contributed by atoms with Crippen molar-refractivity contribution in [1.29, 1.82) is 0 Å². The maximum Gasteiger partial charge on any atom is 0.184 e. The highest BCUT2D eigenvalue weighted by molar-refractivity contribution is 4.82. The molecule has 0 aromatic rings. The fourth-order valence-corrected chi connectivity index (χ4v) is 7.53. The molecule has 2 saturated heterocycles. The minimum Gasteiger partial charge on any atom is -0.353 e. The lowest BCUT2D eigenvalue weighted by molar-refractivity contribution is -0.123. The van der Waals surface area contributed by atoms with Gasteiger partial charge in [0.1, 0.15) is 6.10 Å². The molecule has 0 spiro atoms. The first-order valence-electron chi connectivity index (χ1n) is 23.9. The van der Waals surface area contributed by atoms with Gasteiger partial charge in [0.15, 0.2) is 18.9 Å². The Labute approximate surface area is 341 Å². The Hall–Kier alpha value is -0.800. The van der Waals surface area contributed by atoms with Gasteiger partial charge in [-0.05, 0) is 111 Å². The van der Waals surface area contributed by atoms with Crippen LogP contribution in [0, 0.1) is 0 Å². The summed E-state index contributed by atoms with van der Waals surface area (Å²) in [7, 11) is 0. The van der Waals surface area contributed by atoms with Crippen molar-refractivity contribution in [1.82, 2.24) is 4.90 Å². The molecule has 0 N–H and O–H groups in total. The highest BCUT2D eigenvalue weighted by Gasteiger charge is 2.41. The van der Waals surface area contributed by atoms with Crippen molar-refractivity contribution in [3.63, 3.8) is 0 Å². The van der Waals surface area contributed by atoms with Gasteiger partial charge in [-0.25, -0.2) is 0 Å². The Morgan fingerprint density at radius 3 is 1.53 bits per heavy atom. The first-order valence-corrected chi connectivity index (χ1v) is 23.9. The van der Waals surface area contributed by atoms with E-state index in [1.165, 1.54) is 154 Å². The summed E-state index contributed by atoms with van der Waals surface area (Å²) >= 11 is 0. The molecule has 0 bridgehead atoms. The van der Waals surface area contributed by atoms with Crippen LogP contribution in [0.5, 0.6) is 0 Å². The van der Waals surface area contributed by atoms with E-state index in [4.69, 9.17) is 28.4 Å². The third kappa shape index (κ3) is 31.8. The van der Waals surface area contributed by atoms with Crippen LogP contribution in [0.4, 0.5) is 0 Å². The van der Waals surface area contributed by atoms with Gasteiger partial charge in [-0.3, -0.25) is 0 Å². The van der Waals surface area contributed by atoms with E-state index < -0.39 is 0 Å². The molecule has 0 aromatic carbocycles. The second-order valence-corrected chi connectivity index (χ2v) is 16.5. The average molecular weight is 778 g/mol. The zero-order valence-corrected chi connectivity index (χ0v) is 36.8. The van der Waals surface area contributed by atoms with Crippen LogP contribution < -0.4 is 0 Å². The van der Waals surface area contributed by atoms with E-state index in [9.17, 15) is 0 Å². The van der Waals surface area contributed by atoms with Gasteiger partial charge < -0.3 is 33.3 Å². The van der Waals surface area contributed by atoms with Crippen LogP contribution in [0.3, 0.4) is 0 Å². The van der Waals surface area contributed by atoms with Gasteiger partial charge in [0.2, 0.25) is 0 Å². The van der Waals surface area contributed by atoms with E-state index in [1.54, 1.807) is 0 Å². The van der Waals surface area contributed by atoms with Crippen LogP contribution in [0.25, 0.3) is 0 Å². The van der Waals surface area contributed by atoms with Gasteiger partial charge in [0.05, 0.1) is 19.3 Å². The number of hydrogen-bond donors (Lipinski definition) is 0. The SMILES string of the molecule is CCCCCC/C=C\COC(C)OCCCCCCCCC(CCCCCCCCOC(C)OC/C=C\CCCCCC)OC1OC1CCCN1CCCC1. The Morgan fingerprint density at radius 2 is 1.02 bits per heavy atom. The average Bonchev–Trinajstić information content (AvgIpc) is 3.70. The van der Waals surface area contributed by atoms with Crippen LogP contribution in [0.1, 0.15) is 207 Å². The quantitative estimate of drug-likeness (QED) is 0.0265. The summed E-state index contributed by atoms with van der Waals surface area (Å²) < 4.78 is 35.9. The van der Waals surface area contributed by atoms with E-state index in [-0.39, 0.29) is 18.9 Å². The number of allylic oxidation sites excluding steroid dienone is 2. The van der Waals surface area contributed by atoms with Gasteiger partial charge in [0.25, 0.3) is 0 Å². The van der Waals surface area contributed by atoms with Gasteiger partial charge >= 0.3 is 0 Å². The largest absolute Gasteiger partial charge is 0.353 e. The molecule has 4 unspecified atom stereocenters. The van der Waals surface area contributed by atoms with Crippen molar-refractivity contribution in [3.05, 3.63) is 24.3 Å². The minimum atomic E-state index is -0.127. The Bertz CT molecular complexity index is 813. The molecular weight excluding hydrogens is 687 g/mol. The minimum absolute atomic E-state index is 0.0412. The summed E-state index contributed by atoms with van der Waals surface area (Å²) in [6.45, 7) is 15.2. The highest BCUT2D eigenvalue weighted by Crippen LogP contribution is 2.31. The predicted octanol–water partition coefficient (Wildman–Crippen LogP) is 13.2. The molecule has 0 radical (unpaired) electrons. The monoisotopic (exact) mass is 778 g/mol. The molecule has 324 valence electrons. The van der Waals surface area contributed by atoms with Crippen molar-refractivity contribution < 1.29 is 28.4 Å². The molecule has 0 aromatic heterocycles.